The molecule has 0 aliphatic heterocycles. The predicted octanol–water partition coefficient (Wildman–Crippen LogP) is 5.05. The first-order chi connectivity index (χ1) is 8.97. The van der Waals surface area contributed by atoms with Crippen LogP contribution in [0.1, 0.15) is 18.5 Å². The summed E-state index contributed by atoms with van der Waals surface area (Å²) in [4.78, 5) is 0. The second-order valence-corrected chi connectivity index (χ2v) is 5.47. The van der Waals surface area contributed by atoms with Gasteiger partial charge in [-0.05, 0) is 37.3 Å². The van der Waals surface area contributed by atoms with Gasteiger partial charge < -0.3 is 10.5 Å². The van der Waals surface area contributed by atoms with Gasteiger partial charge in [-0.3, -0.25) is 0 Å². The van der Waals surface area contributed by atoms with Gasteiger partial charge in [0.25, 0.3) is 0 Å². The molecule has 0 radical (unpaired) electrons. The maximum atomic E-state index is 13.4. The molecule has 0 bridgehead atoms. The van der Waals surface area contributed by atoms with E-state index in [1.807, 2.05) is 19.1 Å². The molecule has 0 fully saturated rings. The van der Waals surface area contributed by atoms with Gasteiger partial charge in [0.05, 0.1) is 5.02 Å². The van der Waals surface area contributed by atoms with Crippen molar-refractivity contribution in [2.75, 3.05) is 0 Å². The van der Waals surface area contributed by atoms with Gasteiger partial charge in [-0.1, -0.05) is 27.5 Å². The SMILES string of the molecule is CC(N)c1cc(Br)ccc1Oc1ccc(Cl)c(F)c1. The van der Waals surface area contributed by atoms with E-state index >= 15 is 0 Å². The fourth-order valence-corrected chi connectivity index (χ4v) is 2.13. The normalized spacial score (nSPS) is 12.3. The fraction of sp³-hybridized carbons (Fsp3) is 0.143. The molecule has 0 spiro atoms. The summed E-state index contributed by atoms with van der Waals surface area (Å²) in [5, 5.41) is 0.0653. The topological polar surface area (TPSA) is 35.2 Å². The summed E-state index contributed by atoms with van der Waals surface area (Å²) in [6.07, 6.45) is 0. The van der Waals surface area contributed by atoms with Gasteiger partial charge in [0, 0.05) is 22.1 Å². The Bertz CT molecular complexity index is 604. The Morgan fingerprint density at radius 1 is 1.26 bits per heavy atom. The predicted molar refractivity (Wildman–Crippen MR) is 78.2 cm³/mol. The molecule has 2 aromatic rings. The van der Waals surface area contributed by atoms with Crippen LogP contribution in [0.25, 0.3) is 0 Å². The van der Waals surface area contributed by atoms with E-state index in [0.717, 1.165) is 10.0 Å². The molecule has 1 atom stereocenters. The molecular formula is C14H12BrClFNO. The van der Waals surface area contributed by atoms with Crippen LogP contribution in [0.15, 0.2) is 40.9 Å². The first-order valence-electron chi connectivity index (χ1n) is 5.65. The Kier molecular flexibility index (Phi) is 4.45. The smallest absolute Gasteiger partial charge is 0.145 e. The van der Waals surface area contributed by atoms with E-state index in [1.165, 1.54) is 12.1 Å². The Morgan fingerprint density at radius 3 is 2.63 bits per heavy atom. The molecule has 0 aromatic heterocycles. The molecule has 0 aliphatic carbocycles. The van der Waals surface area contributed by atoms with Gasteiger partial charge in [0.1, 0.15) is 17.3 Å². The van der Waals surface area contributed by atoms with Crippen molar-refractivity contribution in [1.82, 2.24) is 0 Å². The van der Waals surface area contributed by atoms with E-state index in [2.05, 4.69) is 15.9 Å². The third kappa shape index (κ3) is 3.47. The number of hydrogen-bond donors (Lipinski definition) is 1. The van der Waals surface area contributed by atoms with Crippen LogP contribution in [0.5, 0.6) is 11.5 Å². The highest BCUT2D eigenvalue weighted by Crippen LogP contribution is 2.32. The Balaban J connectivity index is 2.35. The van der Waals surface area contributed by atoms with Crippen molar-refractivity contribution in [2.24, 2.45) is 5.73 Å². The summed E-state index contributed by atoms with van der Waals surface area (Å²) >= 11 is 9.01. The number of benzene rings is 2. The van der Waals surface area contributed by atoms with Gasteiger partial charge in [-0.2, -0.15) is 0 Å². The third-order valence-electron chi connectivity index (χ3n) is 2.58. The maximum Gasteiger partial charge on any atom is 0.145 e. The first-order valence-corrected chi connectivity index (χ1v) is 6.82. The average Bonchev–Trinajstić information content (AvgIpc) is 2.36. The Morgan fingerprint density at radius 2 is 2.00 bits per heavy atom. The molecule has 0 heterocycles. The van der Waals surface area contributed by atoms with Gasteiger partial charge in [0.15, 0.2) is 0 Å². The van der Waals surface area contributed by atoms with Crippen molar-refractivity contribution in [2.45, 2.75) is 13.0 Å². The molecule has 2 rings (SSSR count). The average molecular weight is 345 g/mol. The molecule has 0 saturated carbocycles. The standard InChI is InChI=1S/C14H12BrClFNO/c1-8(18)11-6-9(15)2-5-14(11)19-10-3-4-12(16)13(17)7-10/h2-8H,18H2,1H3. The van der Waals surface area contributed by atoms with Gasteiger partial charge >= 0.3 is 0 Å². The number of nitrogens with two attached hydrogens (primary N) is 1. The van der Waals surface area contributed by atoms with Crippen molar-refractivity contribution in [3.05, 3.63) is 57.3 Å². The molecule has 19 heavy (non-hydrogen) atoms. The van der Waals surface area contributed by atoms with Crippen LogP contribution in [0.2, 0.25) is 5.02 Å². The van der Waals surface area contributed by atoms with E-state index in [4.69, 9.17) is 22.1 Å². The van der Waals surface area contributed by atoms with Crippen LogP contribution in [-0.4, -0.2) is 0 Å². The van der Waals surface area contributed by atoms with Crippen molar-refractivity contribution >= 4 is 27.5 Å². The monoisotopic (exact) mass is 343 g/mol. The molecular weight excluding hydrogens is 333 g/mol. The molecule has 5 heteroatoms. The van der Waals surface area contributed by atoms with Crippen LogP contribution in [-0.2, 0) is 0 Å². The minimum atomic E-state index is -0.515. The highest BCUT2D eigenvalue weighted by Gasteiger charge is 2.11. The van der Waals surface area contributed by atoms with Crippen molar-refractivity contribution in [1.29, 1.82) is 0 Å². The molecule has 100 valence electrons. The number of ether oxygens (including phenoxy) is 1. The molecule has 0 saturated heterocycles. The first kappa shape index (κ1) is 14.3. The van der Waals surface area contributed by atoms with E-state index in [0.29, 0.717) is 11.5 Å². The van der Waals surface area contributed by atoms with Crippen molar-refractivity contribution < 1.29 is 9.13 Å². The summed E-state index contributed by atoms with van der Waals surface area (Å²) in [6.45, 7) is 1.86. The Hall–Kier alpha value is -1.10. The highest BCUT2D eigenvalue weighted by atomic mass is 79.9. The highest BCUT2D eigenvalue weighted by molar-refractivity contribution is 9.10. The zero-order valence-corrected chi connectivity index (χ0v) is 12.5. The lowest BCUT2D eigenvalue weighted by molar-refractivity contribution is 0.467. The van der Waals surface area contributed by atoms with Crippen molar-refractivity contribution in [3.63, 3.8) is 0 Å². The van der Waals surface area contributed by atoms with E-state index < -0.39 is 5.82 Å². The zero-order valence-electron chi connectivity index (χ0n) is 10.2. The number of halogens is 3. The Labute approximate surface area is 124 Å². The van der Waals surface area contributed by atoms with Crippen molar-refractivity contribution in [3.8, 4) is 11.5 Å². The largest absolute Gasteiger partial charge is 0.457 e. The van der Waals surface area contributed by atoms with Gasteiger partial charge in [0.2, 0.25) is 0 Å². The summed E-state index contributed by atoms with van der Waals surface area (Å²) in [5.41, 5.74) is 6.73. The van der Waals surface area contributed by atoms with Crippen LogP contribution in [0.3, 0.4) is 0 Å². The fourth-order valence-electron chi connectivity index (χ4n) is 1.64. The van der Waals surface area contributed by atoms with Crippen LogP contribution in [0, 0.1) is 5.82 Å². The lowest BCUT2D eigenvalue weighted by Gasteiger charge is -2.14. The maximum absolute atomic E-state index is 13.4. The van der Waals surface area contributed by atoms with E-state index in [-0.39, 0.29) is 11.1 Å². The minimum Gasteiger partial charge on any atom is -0.457 e. The van der Waals surface area contributed by atoms with Crippen LogP contribution in [0.4, 0.5) is 4.39 Å². The zero-order chi connectivity index (χ0) is 14.0. The summed E-state index contributed by atoms with van der Waals surface area (Å²) in [5.74, 6) is 0.463. The molecule has 2 N–H and O–H groups in total. The van der Waals surface area contributed by atoms with Crippen LogP contribution >= 0.6 is 27.5 Å². The van der Waals surface area contributed by atoms with Gasteiger partial charge in [-0.25, -0.2) is 4.39 Å². The second-order valence-electron chi connectivity index (χ2n) is 4.15. The molecule has 2 aromatic carbocycles. The quantitative estimate of drug-likeness (QED) is 0.845. The lowest BCUT2D eigenvalue weighted by atomic mass is 10.1. The molecule has 0 aliphatic rings. The third-order valence-corrected chi connectivity index (χ3v) is 3.38. The van der Waals surface area contributed by atoms with E-state index in [9.17, 15) is 4.39 Å². The molecule has 0 amide bonds. The van der Waals surface area contributed by atoms with Crippen LogP contribution < -0.4 is 10.5 Å². The second kappa shape index (κ2) is 5.90. The summed E-state index contributed by atoms with van der Waals surface area (Å²) in [6, 6.07) is 9.63. The molecule has 1 unspecified atom stereocenters. The number of hydrogen-bond acceptors (Lipinski definition) is 2. The number of rotatable bonds is 3. The lowest BCUT2D eigenvalue weighted by Crippen LogP contribution is -2.06. The molecule has 2 nitrogen and oxygen atoms in total. The minimum absolute atomic E-state index is 0.0653. The summed E-state index contributed by atoms with van der Waals surface area (Å²) < 4.78 is 19.9. The van der Waals surface area contributed by atoms with Gasteiger partial charge in [-0.15, -0.1) is 0 Å². The summed E-state index contributed by atoms with van der Waals surface area (Å²) in [7, 11) is 0. The van der Waals surface area contributed by atoms with E-state index in [1.54, 1.807) is 12.1 Å².